The largest absolute Gasteiger partial charge is 0.369 e. The predicted octanol–water partition coefficient (Wildman–Crippen LogP) is 0.874. The minimum Gasteiger partial charge on any atom is -0.369 e. The molecular formula is C18H20N4O3. The number of anilines is 2. The highest BCUT2D eigenvalue weighted by Crippen LogP contribution is 2.22. The number of H-pyrrole nitrogens is 1. The van der Waals surface area contributed by atoms with Crippen LogP contribution in [0.15, 0.2) is 41.3 Å². The van der Waals surface area contributed by atoms with Gasteiger partial charge in [-0.05, 0) is 24.3 Å². The first-order chi connectivity index (χ1) is 12.1. The van der Waals surface area contributed by atoms with Gasteiger partial charge in [0.15, 0.2) is 6.29 Å². The lowest BCUT2D eigenvalue weighted by molar-refractivity contribution is 0.0986. The summed E-state index contributed by atoms with van der Waals surface area (Å²) >= 11 is 0. The van der Waals surface area contributed by atoms with Gasteiger partial charge in [0.05, 0.1) is 11.3 Å². The van der Waals surface area contributed by atoms with E-state index in [1.165, 1.54) is 17.2 Å². The van der Waals surface area contributed by atoms with Crippen molar-refractivity contribution in [1.29, 1.82) is 0 Å². The molecule has 3 rings (SSSR count). The lowest BCUT2D eigenvalue weighted by Gasteiger charge is -2.30. The van der Waals surface area contributed by atoms with Crippen LogP contribution >= 0.6 is 0 Å². The van der Waals surface area contributed by atoms with Gasteiger partial charge in [-0.1, -0.05) is 0 Å². The number of nitrogens with zero attached hydrogens (tertiary/aromatic N) is 2. The van der Waals surface area contributed by atoms with Crippen LogP contribution in [0, 0.1) is 0 Å². The van der Waals surface area contributed by atoms with Crippen molar-refractivity contribution in [3.8, 4) is 0 Å². The zero-order valence-electron chi connectivity index (χ0n) is 14.0. The fourth-order valence-corrected chi connectivity index (χ4v) is 2.87. The summed E-state index contributed by atoms with van der Waals surface area (Å²) < 4.78 is 0. The number of hydrogen-bond acceptors (Lipinski definition) is 5. The zero-order valence-corrected chi connectivity index (χ0v) is 14.0. The maximum absolute atomic E-state index is 12.7. The summed E-state index contributed by atoms with van der Waals surface area (Å²) in [7, 11) is 1.61. The van der Waals surface area contributed by atoms with Gasteiger partial charge in [0, 0.05) is 56.7 Å². The maximum atomic E-state index is 12.7. The van der Waals surface area contributed by atoms with Gasteiger partial charge < -0.3 is 20.1 Å². The van der Waals surface area contributed by atoms with E-state index >= 15 is 0 Å². The minimum atomic E-state index is -0.305. The molecule has 1 fully saturated rings. The van der Waals surface area contributed by atoms with Gasteiger partial charge in [-0.2, -0.15) is 0 Å². The monoisotopic (exact) mass is 340 g/mol. The second kappa shape index (κ2) is 7.31. The SMILES string of the molecule is CN(C(=O)c1ccc(N2CCNCC2)cc1C=O)c1ccc(=O)[nH]c1. The Labute approximate surface area is 145 Å². The van der Waals surface area contributed by atoms with Crippen LogP contribution in [-0.2, 0) is 0 Å². The molecule has 0 bridgehead atoms. The van der Waals surface area contributed by atoms with Crippen molar-refractivity contribution in [2.75, 3.05) is 43.0 Å². The number of aromatic nitrogens is 1. The first-order valence-electron chi connectivity index (χ1n) is 8.12. The van der Waals surface area contributed by atoms with Crippen molar-refractivity contribution in [1.82, 2.24) is 10.3 Å². The van der Waals surface area contributed by atoms with Crippen LogP contribution in [-0.4, -0.2) is 50.4 Å². The molecule has 0 aliphatic carbocycles. The van der Waals surface area contributed by atoms with Gasteiger partial charge in [-0.15, -0.1) is 0 Å². The Morgan fingerprint density at radius 1 is 1.20 bits per heavy atom. The zero-order chi connectivity index (χ0) is 17.8. The molecule has 0 atom stereocenters. The fraction of sp³-hybridized carbons (Fsp3) is 0.278. The highest BCUT2D eigenvalue weighted by molar-refractivity contribution is 6.10. The number of nitrogens with one attached hydrogen (secondary N) is 2. The number of hydrogen-bond donors (Lipinski definition) is 2. The van der Waals surface area contributed by atoms with Crippen LogP contribution in [0.1, 0.15) is 20.7 Å². The van der Waals surface area contributed by atoms with Gasteiger partial charge in [0.2, 0.25) is 5.56 Å². The summed E-state index contributed by atoms with van der Waals surface area (Å²) in [6.45, 7) is 3.52. The van der Waals surface area contributed by atoms with Crippen LogP contribution in [0.4, 0.5) is 11.4 Å². The number of amides is 1. The maximum Gasteiger partial charge on any atom is 0.258 e. The average molecular weight is 340 g/mol. The molecule has 1 aliphatic rings. The molecule has 1 aromatic carbocycles. The third-order valence-electron chi connectivity index (χ3n) is 4.33. The molecule has 2 N–H and O–H groups in total. The number of benzene rings is 1. The quantitative estimate of drug-likeness (QED) is 0.807. The van der Waals surface area contributed by atoms with E-state index in [1.807, 2.05) is 6.07 Å². The summed E-state index contributed by atoms with van der Waals surface area (Å²) in [4.78, 5) is 41.6. The molecule has 1 saturated heterocycles. The van der Waals surface area contributed by atoms with E-state index in [4.69, 9.17) is 0 Å². The molecule has 0 spiro atoms. The predicted molar refractivity (Wildman–Crippen MR) is 96.7 cm³/mol. The minimum absolute atomic E-state index is 0.237. The normalized spacial score (nSPS) is 14.2. The van der Waals surface area contributed by atoms with Crippen LogP contribution in [0.2, 0.25) is 0 Å². The first kappa shape index (κ1) is 16.9. The lowest BCUT2D eigenvalue weighted by atomic mass is 10.1. The molecule has 0 unspecified atom stereocenters. The molecular weight excluding hydrogens is 320 g/mol. The summed E-state index contributed by atoms with van der Waals surface area (Å²) in [6, 6.07) is 8.23. The molecule has 2 aromatic rings. The topological polar surface area (TPSA) is 85.5 Å². The van der Waals surface area contributed by atoms with E-state index in [0.717, 1.165) is 31.9 Å². The molecule has 0 radical (unpaired) electrons. The Morgan fingerprint density at radius 3 is 2.60 bits per heavy atom. The van der Waals surface area contributed by atoms with E-state index in [0.29, 0.717) is 23.1 Å². The van der Waals surface area contributed by atoms with Gasteiger partial charge in [-0.3, -0.25) is 14.4 Å². The second-order valence-electron chi connectivity index (χ2n) is 5.90. The van der Waals surface area contributed by atoms with E-state index in [9.17, 15) is 14.4 Å². The van der Waals surface area contributed by atoms with Gasteiger partial charge in [-0.25, -0.2) is 0 Å². The Hall–Kier alpha value is -2.93. The third-order valence-corrected chi connectivity index (χ3v) is 4.33. The number of pyridine rings is 1. The van der Waals surface area contributed by atoms with Gasteiger partial charge >= 0.3 is 0 Å². The smallest absolute Gasteiger partial charge is 0.258 e. The molecule has 7 nitrogen and oxygen atoms in total. The summed E-state index contributed by atoms with van der Waals surface area (Å²) in [5.74, 6) is -0.305. The number of rotatable bonds is 4. The van der Waals surface area contributed by atoms with E-state index in [1.54, 1.807) is 25.2 Å². The number of piperazine rings is 1. The van der Waals surface area contributed by atoms with Crippen molar-refractivity contribution in [3.05, 3.63) is 58.0 Å². The Kier molecular flexibility index (Phi) is 4.95. The van der Waals surface area contributed by atoms with Crippen molar-refractivity contribution in [2.24, 2.45) is 0 Å². The standard InChI is InChI=1S/C18H20N4O3/c1-21(15-3-5-17(24)20-11-15)18(25)16-4-2-14(10-13(16)12-23)22-8-6-19-7-9-22/h2-5,10-12,19H,6-9H2,1H3,(H,20,24). The lowest BCUT2D eigenvalue weighted by Crippen LogP contribution is -2.43. The Morgan fingerprint density at radius 2 is 1.96 bits per heavy atom. The van der Waals surface area contributed by atoms with Crippen LogP contribution < -0.4 is 20.7 Å². The van der Waals surface area contributed by atoms with Crippen molar-refractivity contribution < 1.29 is 9.59 Å². The molecule has 1 aromatic heterocycles. The first-order valence-corrected chi connectivity index (χ1v) is 8.12. The molecule has 1 aliphatic heterocycles. The number of aldehydes is 1. The van der Waals surface area contributed by atoms with Gasteiger partial charge in [0.25, 0.3) is 5.91 Å². The number of aromatic amines is 1. The highest BCUT2D eigenvalue weighted by Gasteiger charge is 2.19. The summed E-state index contributed by atoms with van der Waals surface area (Å²) in [5.41, 5.74) is 1.94. The van der Waals surface area contributed by atoms with Crippen LogP contribution in [0.5, 0.6) is 0 Å². The molecule has 2 heterocycles. The van der Waals surface area contributed by atoms with Crippen molar-refractivity contribution in [2.45, 2.75) is 0 Å². The summed E-state index contributed by atoms with van der Waals surface area (Å²) in [6.07, 6.45) is 2.18. The Balaban J connectivity index is 1.87. The molecule has 0 saturated carbocycles. The molecule has 25 heavy (non-hydrogen) atoms. The van der Waals surface area contributed by atoms with Gasteiger partial charge in [0.1, 0.15) is 0 Å². The average Bonchev–Trinajstić information content (AvgIpc) is 2.67. The Bertz CT molecular complexity index is 820. The molecule has 130 valence electrons. The van der Waals surface area contributed by atoms with E-state index < -0.39 is 0 Å². The van der Waals surface area contributed by atoms with E-state index in [2.05, 4.69) is 15.2 Å². The third kappa shape index (κ3) is 3.61. The molecule has 7 heteroatoms. The van der Waals surface area contributed by atoms with E-state index in [-0.39, 0.29) is 11.5 Å². The van der Waals surface area contributed by atoms with Crippen molar-refractivity contribution >= 4 is 23.6 Å². The van der Waals surface area contributed by atoms with Crippen molar-refractivity contribution in [3.63, 3.8) is 0 Å². The van der Waals surface area contributed by atoms with Crippen LogP contribution in [0.3, 0.4) is 0 Å². The second-order valence-corrected chi connectivity index (χ2v) is 5.90. The highest BCUT2D eigenvalue weighted by atomic mass is 16.2. The number of carbonyl (C=O) groups is 2. The van der Waals surface area contributed by atoms with Crippen LogP contribution in [0.25, 0.3) is 0 Å². The summed E-state index contributed by atoms with van der Waals surface area (Å²) in [5, 5.41) is 3.28. The molecule has 1 amide bonds. The number of carbonyl (C=O) groups excluding carboxylic acids is 2. The fourth-order valence-electron chi connectivity index (χ4n) is 2.87.